The number of anilines is 1. The van der Waals surface area contributed by atoms with Gasteiger partial charge in [0.15, 0.2) is 0 Å². The first-order valence-electron chi connectivity index (χ1n) is 5.89. The Balaban J connectivity index is 2.38. The van der Waals surface area contributed by atoms with E-state index in [1.807, 2.05) is 0 Å². The maximum absolute atomic E-state index is 12.1. The van der Waals surface area contributed by atoms with Crippen LogP contribution in [0.5, 0.6) is 5.75 Å². The molecule has 2 rings (SSSR count). The minimum Gasteiger partial charge on any atom is -0.495 e. The van der Waals surface area contributed by atoms with Gasteiger partial charge < -0.3 is 4.74 Å². The molecule has 0 saturated heterocycles. The zero-order valence-electron chi connectivity index (χ0n) is 11.1. The third-order valence-corrected chi connectivity index (χ3v) is 4.78. The van der Waals surface area contributed by atoms with Gasteiger partial charge in [-0.3, -0.25) is 4.72 Å². The first kappa shape index (κ1) is 15.1. The molecule has 0 amide bonds. The van der Waals surface area contributed by atoms with E-state index in [1.165, 1.54) is 25.3 Å². The van der Waals surface area contributed by atoms with Gasteiger partial charge in [-0.25, -0.2) is 21.6 Å². The summed E-state index contributed by atoms with van der Waals surface area (Å²) in [5.41, 5.74) is 0.0914. The highest BCUT2D eigenvalue weighted by molar-refractivity contribution is 7.92. The number of benzene rings is 1. The molecule has 1 aliphatic carbocycles. The quantitative estimate of drug-likeness (QED) is 0.795. The maximum Gasteiger partial charge on any atom is 0.240 e. The molecule has 7 nitrogen and oxygen atoms in total. The topological polar surface area (TPSA) is 102 Å². The van der Waals surface area contributed by atoms with Crippen molar-refractivity contribution in [1.29, 1.82) is 0 Å². The molecule has 20 heavy (non-hydrogen) atoms. The minimum absolute atomic E-state index is 0.00338. The Bertz CT molecular complexity index is 708. The van der Waals surface area contributed by atoms with E-state index in [2.05, 4.69) is 9.44 Å². The predicted octanol–water partition coefficient (Wildman–Crippen LogP) is 0.507. The number of nitrogens with one attached hydrogen (secondary N) is 2. The standard InChI is InChI=1S/C11H16N2O5S2/c1-18-11-6-5-9(7-10(11)13-19(2,14)15)20(16,17)12-8-3-4-8/h5-8,12-13H,3-4H2,1-2H3. The van der Waals surface area contributed by atoms with E-state index in [-0.39, 0.29) is 22.4 Å². The highest BCUT2D eigenvalue weighted by Gasteiger charge is 2.28. The fraction of sp³-hybridized carbons (Fsp3) is 0.455. The first-order chi connectivity index (χ1) is 9.21. The molecule has 0 aromatic heterocycles. The largest absolute Gasteiger partial charge is 0.495 e. The Morgan fingerprint density at radius 3 is 2.35 bits per heavy atom. The Labute approximate surface area is 118 Å². The van der Waals surface area contributed by atoms with E-state index < -0.39 is 20.0 Å². The minimum atomic E-state index is -3.64. The van der Waals surface area contributed by atoms with Gasteiger partial charge in [0.05, 0.1) is 23.9 Å². The molecule has 0 heterocycles. The van der Waals surface area contributed by atoms with E-state index in [9.17, 15) is 16.8 Å². The molecule has 0 bridgehead atoms. The Hall–Kier alpha value is -1.32. The Morgan fingerprint density at radius 2 is 1.85 bits per heavy atom. The average molecular weight is 320 g/mol. The zero-order valence-corrected chi connectivity index (χ0v) is 12.7. The van der Waals surface area contributed by atoms with Crippen LogP contribution in [0.1, 0.15) is 12.8 Å². The van der Waals surface area contributed by atoms with Gasteiger partial charge in [0, 0.05) is 6.04 Å². The van der Waals surface area contributed by atoms with Crippen molar-refractivity contribution in [2.75, 3.05) is 18.1 Å². The van der Waals surface area contributed by atoms with Gasteiger partial charge in [0.2, 0.25) is 20.0 Å². The van der Waals surface area contributed by atoms with Crippen molar-refractivity contribution in [3.8, 4) is 5.75 Å². The van der Waals surface area contributed by atoms with Crippen LogP contribution < -0.4 is 14.2 Å². The van der Waals surface area contributed by atoms with Crippen LogP contribution in [-0.4, -0.2) is 36.2 Å². The molecule has 1 aromatic carbocycles. The van der Waals surface area contributed by atoms with E-state index in [4.69, 9.17) is 4.74 Å². The van der Waals surface area contributed by atoms with Crippen molar-refractivity contribution in [2.24, 2.45) is 0 Å². The van der Waals surface area contributed by atoms with Crippen LogP contribution in [0.25, 0.3) is 0 Å². The summed E-state index contributed by atoms with van der Waals surface area (Å²) in [5.74, 6) is 0.251. The van der Waals surface area contributed by atoms with Crippen molar-refractivity contribution >= 4 is 25.7 Å². The molecule has 9 heteroatoms. The number of sulfonamides is 2. The molecule has 1 saturated carbocycles. The van der Waals surface area contributed by atoms with Crippen LogP contribution in [0.15, 0.2) is 23.1 Å². The second kappa shape index (κ2) is 5.23. The summed E-state index contributed by atoms with van der Waals surface area (Å²) >= 11 is 0. The molecule has 2 N–H and O–H groups in total. The lowest BCUT2D eigenvalue weighted by Crippen LogP contribution is -2.25. The second-order valence-electron chi connectivity index (χ2n) is 4.63. The lowest BCUT2D eigenvalue weighted by molar-refractivity contribution is 0.416. The summed E-state index contributed by atoms with van der Waals surface area (Å²) in [5, 5.41) is 0. The van der Waals surface area contributed by atoms with Gasteiger partial charge in [-0.05, 0) is 31.0 Å². The number of hydrogen-bond acceptors (Lipinski definition) is 5. The zero-order chi connectivity index (χ0) is 15.0. The highest BCUT2D eigenvalue weighted by Crippen LogP contribution is 2.29. The Morgan fingerprint density at radius 1 is 1.20 bits per heavy atom. The summed E-state index contributed by atoms with van der Waals surface area (Å²) < 4.78 is 56.5. The monoisotopic (exact) mass is 320 g/mol. The van der Waals surface area contributed by atoms with Crippen LogP contribution in [0, 0.1) is 0 Å². The summed E-state index contributed by atoms with van der Waals surface area (Å²) in [7, 11) is -5.79. The molecule has 112 valence electrons. The van der Waals surface area contributed by atoms with E-state index in [0.29, 0.717) is 0 Å². The summed E-state index contributed by atoms with van der Waals surface area (Å²) in [6.45, 7) is 0. The van der Waals surface area contributed by atoms with Crippen molar-refractivity contribution in [3.63, 3.8) is 0 Å². The number of ether oxygens (including phenoxy) is 1. The maximum atomic E-state index is 12.1. The molecule has 0 radical (unpaired) electrons. The molecule has 1 fully saturated rings. The lowest BCUT2D eigenvalue weighted by atomic mass is 10.3. The van der Waals surface area contributed by atoms with Gasteiger partial charge in [-0.1, -0.05) is 0 Å². The van der Waals surface area contributed by atoms with E-state index in [1.54, 1.807) is 0 Å². The van der Waals surface area contributed by atoms with E-state index in [0.717, 1.165) is 19.1 Å². The van der Waals surface area contributed by atoms with Crippen molar-refractivity contribution < 1.29 is 21.6 Å². The van der Waals surface area contributed by atoms with Gasteiger partial charge in [0.1, 0.15) is 5.75 Å². The average Bonchev–Trinajstić information content (AvgIpc) is 3.10. The fourth-order valence-corrected chi connectivity index (χ4v) is 3.51. The van der Waals surface area contributed by atoms with Gasteiger partial charge in [0.25, 0.3) is 0 Å². The highest BCUT2D eigenvalue weighted by atomic mass is 32.2. The predicted molar refractivity (Wildman–Crippen MR) is 74.8 cm³/mol. The van der Waals surface area contributed by atoms with Crippen LogP contribution >= 0.6 is 0 Å². The SMILES string of the molecule is COc1ccc(S(=O)(=O)NC2CC2)cc1NS(C)(=O)=O. The summed E-state index contributed by atoms with van der Waals surface area (Å²) in [4.78, 5) is -0.00338. The smallest absolute Gasteiger partial charge is 0.240 e. The summed E-state index contributed by atoms with van der Waals surface area (Å²) in [6, 6.07) is 4.00. The molecule has 0 unspecified atom stereocenters. The molecular weight excluding hydrogens is 304 g/mol. The molecule has 1 aliphatic rings. The second-order valence-corrected chi connectivity index (χ2v) is 8.09. The lowest BCUT2D eigenvalue weighted by Gasteiger charge is -2.12. The normalized spacial score (nSPS) is 15.9. The van der Waals surface area contributed by atoms with Crippen LogP contribution in [0.3, 0.4) is 0 Å². The first-order valence-corrected chi connectivity index (χ1v) is 9.27. The fourth-order valence-electron chi connectivity index (χ4n) is 1.62. The van der Waals surface area contributed by atoms with Crippen LogP contribution in [0.2, 0.25) is 0 Å². The van der Waals surface area contributed by atoms with Crippen molar-refractivity contribution in [3.05, 3.63) is 18.2 Å². The number of rotatable bonds is 6. The van der Waals surface area contributed by atoms with Crippen molar-refractivity contribution in [2.45, 2.75) is 23.8 Å². The third kappa shape index (κ3) is 3.84. The molecule has 0 spiro atoms. The third-order valence-electron chi connectivity index (χ3n) is 2.68. The number of hydrogen-bond donors (Lipinski definition) is 2. The number of methoxy groups -OCH3 is 1. The van der Waals surface area contributed by atoms with Crippen molar-refractivity contribution in [1.82, 2.24) is 4.72 Å². The van der Waals surface area contributed by atoms with Gasteiger partial charge in [-0.15, -0.1) is 0 Å². The molecule has 1 aromatic rings. The van der Waals surface area contributed by atoms with Gasteiger partial charge >= 0.3 is 0 Å². The Kier molecular flexibility index (Phi) is 3.94. The van der Waals surface area contributed by atoms with Crippen LogP contribution in [0.4, 0.5) is 5.69 Å². The summed E-state index contributed by atoms with van der Waals surface area (Å²) in [6.07, 6.45) is 2.63. The molecular formula is C11H16N2O5S2. The van der Waals surface area contributed by atoms with Gasteiger partial charge in [-0.2, -0.15) is 0 Å². The molecule has 0 aliphatic heterocycles. The van der Waals surface area contributed by atoms with E-state index >= 15 is 0 Å². The van der Waals surface area contributed by atoms with Crippen LogP contribution in [-0.2, 0) is 20.0 Å². The molecule has 0 atom stereocenters.